The smallest absolute Gasteiger partial charge is 0.303 e. The van der Waals surface area contributed by atoms with Gasteiger partial charge in [-0.05, 0) is 26.2 Å². The first-order chi connectivity index (χ1) is 8.09. The minimum absolute atomic E-state index is 0.00879. The predicted molar refractivity (Wildman–Crippen MR) is 62.6 cm³/mol. The Morgan fingerprint density at radius 3 is 2.65 bits per heavy atom. The van der Waals surface area contributed by atoms with Gasteiger partial charge in [-0.3, -0.25) is 9.59 Å². The number of carboxylic acid groups (broad SMARTS) is 1. The minimum atomic E-state index is -0.803. The maximum atomic E-state index is 11.5. The van der Waals surface area contributed by atoms with Crippen molar-refractivity contribution in [2.24, 2.45) is 5.92 Å². The fourth-order valence-corrected chi connectivity index (χ4v) is 1.94. The molecule has 1 heterocycles. The van der Waals surface area contributed by atoms with Crippen molar-refractivity contribution in [2.45, 2.75) is 45.1 Å². The average molecular weight is 243 g/mol. The summed E-state index contributed by atoms with van der Waals surface area (Å²) in [4.78, 5) is 21.7. The maximum Gasteiger partial charge on any atom is 0.303 e. The molecule has 1 aliphatic heterocycles. The zero-order valence-electron chi connectivity index (χ0n) is 10.3. The van der Waals surface area contributed by atoms with Crippen LogP contribution in [0, 0.1) is 5.92 Å². The molecule has 0 spiro atoms. The summed E-state index contributed by atoms with van der Waals surface area (Å²) in [7, 11) is 0. The molecule has 0 aliphatic carbocycles. The van der Waals surface area contributed by atoms with Crippen LogP contribution in [0.25, 0.3) is 0 Å². The number of aliphatic carboxylic acids is 1. The van der Waals surface area contributed by atoms with Crippen molar-refractivity contribution in [1.29, 1.82) is 0 Å². The Balaban J connectivity index is 2.03. The Bertz CT molecular complexity index is 267. The van der Waals surface area contributed by atoms with Gasteiger partial charge in [0, 0.05) is 31.9 Å². The van der Waals surface area contributed by atoms with Gasteiger partial charge in [0.05, 0.1) is 6.10 Å². The van der Waals surface area contributed by atoms with Crippen molar-refractivity contribution in [2.75, 3.05) is 13.2 Å². The van der Waals surface area contributed by atoms with Gasteiger partial charge in [-0.2, -0.15) is 0 Å². The molecule has 2 N–H and O–H groups in total. The molecule has 5 heteroatoms. The summed E-state index contributed by atoms with van der Waals surface area (Å²) in [6.07, 6.45) is 2.97. The zero-order chi connectivity index (χ0) is 12.7. The Hall–Kier alpha value is -1.10. The van der Waals surface area contributed by atoms with Crippen LogP contribution in [-0.2, 0) is 14.3 Å². The van der Waals surface area contributed by atoms with Crippen molar-refractivity contribution in [3.05, 3.63) is 0 Å². The highest BCUT2D eigenvalue weighted by Crippen LogP contribution is 2.19. The van der Waals surface area contributed by atoms with Crippen molar-refractivity contribution >= 4 is 11.9 Å². The summed E-state index contributed by atoms with van der Waals surface area (Å²) in [5.41, 5.74) is 0. The molecule has 0 radical (unpaired) electrons. The minimum Gasteiger partial charge on any atom is -0.481 e. The standard InChI is InChI=1S/C12H21NO4/c1-9-10(6-7-17-9)8-13-11(14)4-2-3-5-12(15)16/h9-10H,2-8H2,1H3,(H,13,14)(H,15,16). The van der Waals surface area contributed by atoms with Crippen molar-refractivity contribution in [3.8, 4) is 0 Å². The van der Waals surface area contributed by atoms with Crippen LogP contribution in [0.4, 0.5) is 0 Å². The van der Waals surface area contributed by atoms with Crippen LogP contribution in [-0.4, -0.2) is 36.2 Å². The number of nitrogens with one attached hydrogen (secondary N) is 1. The van der Waals surface area contributed by atoms with Crippen LogP contribution in [0.15, 0.2) is 0 Å². The summed E-state index contributed by atoms with van der Waals surface area (Å²) in [6.45, 7) is 3.47. The second kappa shape index (κ2) is 7.27. The molecule has 5 nitrogen and oxygen atoms in total. The third-order valence-corrected chi connectivity index (χ3v) is 3.14. The topological polar surface area (TPSA) is 75.6 Å². The third kappa shape index (κ3) is 5.68. The van der Waals surface area contributed by atoms with E-state index in [9.17, 15) is 9.59 Å². The summed E-state index contributed by atoms with van der Waals surface area (Å²) in [5.74, 6) is -0.380. The molecule has 17 heavy (non-hydrogen) atoms. The van der Waals surface area contributed by atoms with E-state index >= 15 is 0 Å². The molecular formula is C12H21NO4. The van der Waals surface area contributed by atoms with Crippen LogP contribution in [0.1, 0.15) is 39.0 Å². The number of carboxylic acids is 1. The summed E-state index contributed by atoms with van der Waals surface area (Å²) < 4.78 is 5.41. The predicted octanol–water partition coefficient (Wildman–Crippen LogP) is 1.17. The van der Waals surface area contributed by atoms with Crippen LogP contribution in [0.3, 0.4) is 0 Å². The van der Waals surface area contributed by atoms with Gasteiger partial charge in [0.25, 0.3) is 0 Å². The van der Waals surface area contributed by atoms with E-state index in [1.807, 2.05) is 6.92 Å². The van der Waals surface area contributed by atoms with Gasteiger partial charge in [-0.25, -0.2) is 0 Å². The molecule has 98 valence electrons. The number of hydrogen-bond acceptors (Lipinski definition) is 3. The fourth-order valence-electron chi connectivity index (χ4n) is 1.94. The van der Waals surface area contributed by atoms with E-state index in [4.69, 9.17) is 9.84 Å². The molecule has 0 saturated carbocycles. The Morgan fingerprint density at radius 1 is 1.35 bits per heavy atom. The molecule has 0 aromatic heterocycles. The zero-order valence-corrected chi connectivity index (χ0v) is 10.3. The number of carbonyl (C=O) groups excluding carboxylic acids is 1. The van der Waals surface area contributed by atoms with E-state index in [1.165, 1.54) is 0 Å². The molecule has 2 atom stereocenters. The lowest BCUT2D eigenvalue weighted by molar-refractivity contribution is -0.137. The van der Waals surface area contributed by atoms with E-state index in [2.05, 4.69) is 5.32 Å². The fraction of sp³-hybridized carbons (Fsp3) is 0.833. The van der Waals surface area contributed by atoms with E-state index in [-0.39, 0.29) is 18.4 Å². The lowest BCUT2D eigenvalue weighted by Crippen LogP contribution is -2.31. The number of amides is 1. The van der Waals surface area contributed by atoms with Gasteiger partial charge in [0.1, 0.15) is 0 Å². The monoisotopic (exact) mass is 243 g/mol. The molecule has 1 amide bonds. The molecule has 0 bridgehead atoms. The largest absolute Gasteiger partial charge is 0.481 e. The van der Waals surface area contributed by atoms with Gasteiger partial charge in [-0.15, -0.1) is 0 Å². The van der Waals surface area contributed by atoms with Crippen LogP contribution in [0.5, 0.6) is 0 Å². The van der Waals surface area contributed by atoms with E-state index in [1.54, 1.807) is 0 Å². The third-order valence-electron chi connectivity index (χ3n) is 3.14. The first-order valence-corrected chi connectivity index (χ1v) is 6.19. The maximum absolute atomic E-state index is 11.5. The van der Waals surface area contributed by atoms with Crippen LogP contribution < -0.4 is 5.32 Å². The number of hydrogen-bond donors (Lipinski definition) is 2. The van der Waals surface area contributed by atoms with E-state index < -0.39 is 5.97 Å². The first-order valence-electron chi connectivity index (χ1n) is 6.19. The lowest BCUT2D eigenvalue weighted by atomic mass is 10.0. The Kier molecular flexibility index (Phi) is 5.97. The lowest BCUT2D eigenvalue weighted by Gasteiger charge is -2.14. The normalized spacial score (nSPS) is 23.6. The number of unbranched alkanes of at least 4 members (excludes halogenated alkanes) is 1. The van der Waals surface area contributed by atoms with Crippen molar-refractivity contribution < 1.29 is 19.4 Å². The summed E-state index contributed by atoms with van der Waals surface area (Å²) in [6, 6.07) is 0. The molecule has 1 rings (SSSR count). The van der Waals surface area contributed by atoms with Gasteiger partial charge in [0.2, 0.25) is 5.91 Å². The molecule has 1 aliphatic rings. The molecule has 2 unspecified atom stereocenters. The summed E-state index contributed by atoms with van der Waals surface area (Å²) in [5, 5.41) is 11.3. The van der Waals surface area contributed by atoms with Crippen LogP contribution >= 0.6 is 0 Å². The quantitative estimate of drug-likeness (QED) is 0.658. The second-order valence-corrected chi connectivity index (χ2v) is 4.53. The molecule has 0 aromatic rings. The Morgan fingerprint density at radius 2 is 2.06 bits per heavy atom. The number of rotatable bonds is 7. The van der Waals surface area contributed by atoms with Crippen LogP contribution in [0.2, 0.25) is 0 Å². The summed E-state index contributed by atoms with van der Waals surface area (Å²) >= 11 is 0. The van der Waals surface area contributed by atoms with Gasteiger partial charge < -0.3 is 15.2 Å². The second-order valence-electron chi connectivity index (χ2n) is 4.53. The van der Waals surface area contributed by atoms with E-state index in [0.29, 0.717) is 31.7 Å². The number of carbonyl (C=O) groups is 2. The SMILES string of the molecule is CC1OCCC1CNC(=O)CCCCC(=O)O. The van der Waals surface area contributed by atoms with E-state index in [0.717, 1.165) is 13.0 Å². The van der Waals surface area contributed by atoms with Crippen molar-refractivity contribution in [1.82, 2.24) is 5.32 Å². The first kappa shape index (κ1) is 14.0. The average Bonchev–Trinajstić information content (AvgIpc) is 2.67. The Labute approximate surface area is 102 Å². The molecule has 1 saturated heterocycles. The number of ether oxygens (including phenoxy) is 1. The highest BCUT2D eigenvalue weighted by molar-refractivity contribution is 5.75. The molecule has 1 fully saturated rings. The molecule has 0 aromatic carbocycles. The highest BCUT2D eigenvalue weighted by atomic mass is 16.5. The van der Waals surface area contributed by atoms with Gasteiger partial charge >= 0.3 is 5.97 Å². The van der Waals surface area contributed by atoms with Crippen molar-refractivity contribution in [3.63, 3.8) is 0 Å². The highest BCUT2D eigenvalue weighted by Gasteiger charge is 2.24. The van der Waals surface area contributed by atoms with Gasteiger partial charge in [-0.1, -0.05) is 0 Å². The molecular weight excluding hydrogens is 222 g/mol. The van der Waals surface area contributed by atoms with Gasteiger partial charge in [0.15, 0.2) is 0 Å².